The first-order valence-electron chi connectivity index (χ1n) is 12.4. The Kier molecular flexibility index (Phi) is 8.51. The van der Waals surface area contributed by atoms with Crippen LogP contribution in [-0.2, 0) is 16.1 Å². The van der Waals surface area contributed by atoms with Gasteiger partial charge in [-0.3, -0.25) is 19.1 Å². The predicted octanol–water partition coefficient (Wildman–Crippen LogP) is 3.33. The van der Waals surface area contributed by atoms with Gasteiger partial charge in [-0.05, 0) is 50.1 Å². The second-order valence-corrected chi connectivity index (χ2v) is 9.20. The van der Waals surface area contributed by atoms with E-state index in [9.17, 15) is 9.59 Å². The summed E-state index contributed by atoms with van der Waals surface area (Å²) in [6, 6.07) is 13.0. The maximum atomic E-state index is 13.7. The SMILES string of the molecule is COc1cccc(-c2nc3ccc(/C=C/CCN4CCOCC4)cc3c(=O)n2CC(=O)NC(C)C)c1. The molecule has 1 N–H and O–H groups in total. The molecule has 3 aromatic rings. The highest BCUT2D eigenvalue weighted by molar-refractivity contribution is 5.83. The highest BCUT2D eigenvalue weighted by Crippen LogP contribution is 2.24. The highest BCUT2D eigenvalue weighted by atomic mass is 16.5. The van der Waals surface area contributed by atoms with Crippen molar-refractivity contribution >= 4 is 22.9 Å². The van der Waals surface area contributed by atoms with Crippen LogP contribution in [0.3, 0.4) is 0 Å². The van der Waals surface area contributed by atoms with E-state index in [4.69, 9.17) is 14.5 Å². The van der Waals surface area contributed by atoms with Crippen molar-refractivity contribution in [1.29, 1.82) is 0 Å². The number of ether oxygens (including phenoxy) is 2. The van der Waals surface area contributed by atoms with Crippen LogP contribution in [0.15, 0.2) is 53.3 Å². The molecule has 2 aromatic carbocycles. The molecule has 0 atom stereocenters. The van der Waals surface area contributed by atoms with Crippen LogP contribution >= 0.6 is 0 Å². The van der Waals surface area contributed by atoms with E-state index in [1.807, 2.05) is 62.4 Å². The van der Waals surface area contributed by atoms with Crippen LogP contribution in [0.4, 0.5) is 0 Å². The molecule has 0 spiro atoms. The Balaban J connectivity index is 1.66. The minimum atomic E-state index is -0.250. The molecule has 1 amide bonds. The van der Waals surface area contributed by atoms with Gasteiger partial charge < -0.3 is 14.8 Å². The summed E-state index contributed by atoms with van der Waals surface area (Å²) in [5, 5.41) is 3.35. The normalized spacial score (nSPS) is 14.6. The van der Waals surface area contributed by atoms with E-state index in [0.717, 1.165) is 44.8 Å². The van der Waals surface area contributed by atoms with Crippen molar-refractivity contribution in [3.05, 3.63) is 64.5 Å². The van der Waals surface area contributed by atoms with Gasteiger partial charge in [0.15, 0.2) is 0 Å². The number of morpholine rings is 1. The van der Waals surface area contributed by atoms with Crippen molar-refractivity contribution in [2.24, 2.45) is 0 Å². The first kappa shape index (κ1) is 25.6. The van der Waals surface area contributed by atoms with Crippen LogP contribution < -0.4 is 15.6 Å². The van der Waals surface area contributed by atoms with Crippen LogP contribution in [0.25, 0.3) is 28.4 Å². The van der Waals surface area contributed by atoms with Gasteiger partial charge in [-0.2, -0.15) is 0 Å². The number of rotatable bonds is 9. The summed E-state index contributed by atoms with van der Waals surface area (Å²) in [5.41, 5.74) is 1.97. The highest BCUT2D eigenvalue weighted by Gasteiger charge is 2.17. The molecule has 1 aliphatic heterocycles. The third-order valence-electron chi connectivity index (χ3n) is 6.08. The van der Waals surface area contributed by atoms with Crippen LogP contribution in [0.5, 0.6) is 5.75 Å². The Hall–Kier alpha value is -3.49. The van der Waals surface area contributed by atoms with E-state index < -0.39 is 0 Å². The lowest BCUT2D eigenvalue weighted by Crippen LogP contribution is -2.37. The van der Waals surface area contributed by atoms with Gasteiger partial charge in [-0.15, -0.1) is 0 Å². The Morgan fingerprint density at radius 2 is 2.00 bits per heavy atom. The average molecular weight is 491 g/mol. The number of carbonyl (C=O) groups is 1. The fourth-order valence-corrected chi connectivity index (χ4v) is 4.28. The van der Waals surface area contributed by atoms with E-state index in [-0.39, 0.29) is 24.1 Å². The van der Waals surface area contributed by atoms with Crippen LogP contribution in [0, 0.1) is 0 Å². The zero-order valence-electron chi connectivity index (χ0n) is 21.2. The Labute approximate surface area is 211 Å². The summed E-state index contributed by atoms with van der Waals surface area (Å²) in [6.07, 6.45) is 5.08. The van der Waals surface area contributed by atoms with Crippen molar-refractivity contribution in [2.45, 2.75) is 32.9 Å². The van der Waals surface area contributed by atoms with Gasteiger partial charge >= 0.3 is 0 Å². The zero-order valence-corrected chi connectivity index (χ0v) is 21.2. The molecule has 0 unspecified atom stereocenters. The van der Waals surface area contributed by atoms with E-state index >= 15 is 0 Å². The second kappa shape index (κ2) is 12.0. The molecule has 8 nitrogen and oxygen atoms in total. The van der Waals surface area contributed by atoms with Gasteiger partial charge in [0.05, 0.1) is 31.2 Å². The molecule has 190 valence electrons. The smallest absolute Gasteiger partial charge is 0.262 e. The Morgan fingerprint density at radius 3 is 2.75 bits per heavy atom. The number of carbonyl (C=O) groups excluding carboxylic acids is 1. The summed E-state index contributed by atoms with van der Waals surface area (Å²) in [7, 11) is 1.59. The van der Waals surface area contributed by atoms with E-state index in [0.29, 0.717) is 28.0 Å². The lowest BCUT2D eigenvalue weighted by molar-refractivity contribution is -0.122. The molecule has 2 heterocycles. The summed E-state index contributed by atoms with van der Waals surface area (Å²) >= 11 is 0. The minimum absolute atomic E-state index is 0.0314. The topological polar surface area (TPSA) is 85.7 Å². The molecular weight excluding hydrogens is 456 g/mol. The number of benzene rings is 2. The first-order valence-corrected chi connectivity index (χ1v) is 12.4. The maximum Gasteiger partial charge on any atom is 0.262 e. The molecule has 0 aliphatic carbocycles. The van der Waals surface area contributed by atoms with Gasteiger partial charge in [0.1, 0.15) is 18.1 Å². The molecule has 1 aliphatic rings. The zero-order chi connectivity index (χ0) is 25.5. The average Bonchev–Trinajstić information content (AvgIpc) is 2.88. The lowest BCUT2D eigenvalue weighted by Gasteiger charge is -2.25. The second-order valence-electron chi connectivity index (χ2n) is 9.20. The van der Waals surface area contributed by atoms with Crippen molar-refractivity contribution in [2.75, 3.05) is 40.0 Å². The number of amides is 1. The summed E-state index contributed by atoms with van der Waals surface area (Å²) < 4.78 is 12.2. The molecule has 1 saturated heterocycles. The number of methoxy groups -OCH3 is 1. The van der Waals surface area contributed by atoms with Crippen LogP contribution in [0.1, 0.15) is 25.8 Å². The van der Waals surface area contributed by atoms with Gasteiger partial charge in [0.25, 0.3) is 5.56 Å². The number of nitrogens with one attached hydrogen (secondary N) is 1. The molecule has 8 heteroatoms. The Morgan fingerprint density at radius 1 is 1.19 bits per heavy atom. The molecule has 1 aromatic heterocycles. The van der Waals surface area contributed by atoms with E-state index in [2.05, 4.69) is 16.3 Å². The monoisotopic (exact) mass is 490 g/mol. The fraction of sp³-hybridized carbons (Fsp3) is 0.393. The molecule has 0 bridgehead atoms. The third kappa shape index (κ3) is 6.38. The van der Waals surface area contributed by atoms with Crippen molar-refractivity contribution < 1.29 is 14.3 Å². The standard InChI is InChI=1S/C28H34N4O4/c1-20(2)29-26(33)19-32-27(22-8-6-9-23(18-22)35-3)30-25-11-10-21(17-24(25)28(32)34)7-4-5-12-31-13-15-36-16-14-31/h4,6-11,17-18,20H,5,12-16,19H2,1-3H3,(H,29,33)/b7-4+. The predicted molar refractivity (Wildman–Crippen MR) is 142 cm³/mol. The Bertz CT molecular complexity index is 1290. The molecule has 4 rings (SSSR count). The van der Waals surface area contributed by atoms with Gasteiger partial charge in [-0.1, -0.05) is 30.4 Å². The van der Waals surface area contributed by atoms with Gasteiger partial charge in [-0.25, -0.2) is 4.98 Å². The number of aromatic nitrogens is 2. The maximum absolute atomic E-state index is 13.7. The summed E-state index contributed by atoms with van der Waals surface area (Å²) in [5.74, 6) is 0.841. The summed E-state index contributed by atoms with van der Waals surface area (Å²) in [4.78, 5) is 33.5. The van der Waals surface area contributed by atoms with Gasteiger partial charge in [0.2, 0.25) is 5.91 Å². The quantitative estimate of drug-likeness (QED) is 0.495. The van der Waals surface area contributed by atoms with Crippen LogP contribution in [-0.4, -0.2) is 66.4 Å². The molecule has 36 heavy (non-hydrogen) atoms. The fourth-order valence-electron chi connectivity index (χ4n) is 4.28. The van der Waals surface area contributed by atoms with Crippen molar-refractivity contribution in [3.8, 4) is 17.1 Å². The van der Waals surface area contributed by atoms with Gasteiger partial charge in [0, 0.05) is 31.2 Å². The largest absolute Gasteiger partial charge is 0.497 e. The molecular formula is C28H34N4O4. The third-order valence-corrected chi connectivity index (χ3v) is 6.08. The molecule has 0 radical (unpaired) electrons. The lowest BCUT2D eigenvalue weighted by atomic mass is 10.1. The number of fused-ring (bicyclic) bond motifs is 1. The first-order chi connectivity index (χ1) is 17.4. The number of hydrogen-bond donors (Lipinski definition) is 1. The van der Waals surface area contributed by atoms with E-state index in [1.165, 1.54) is 4.57 Å². The minimum Gasteiger partial charge on any atom is -0.497 e. The van der Waals surface area contributed by atoms with E-state index in [1.54, 1.807) is 7.11 Å². The summed E-state index contributed by atoms with van der Waals surface area (Å²) in [6.45, 7) is 8.16. The number of nitrogens with zero attached hydrogens (tertiary/aromatic N) is 3. The van der Waals surface area contributed by atoms with Crippen LogP contribution in [0.2, 0.25) is 0 Å². The van der Waals surface area contributed by atoms with Crippen molar-refractivity contribution in [1.82, 2.24) is 19.8 Å². The molecule has 0 saturated carbocycles. The molecule has 1 fully saturated rings. The number of hydrogen-bond acceptors (Lipinski definition) is 6. The van der Waals surface area contributed by atoms with Crippen molar-refractivity contribution in [3.63, 3.8) is 0 Å².